The Kier molecular flexibility index (Phi) is 4.72. The van der Waals surface area contributed by atoms with Crippen LogP contribution in [0.2, 0.25) is 0 Å². The molecule has 2 aromatic rings. The zero-order chi connectivity index (χ0) is 15.4. The SMILES string of the molecule is CCCSc1ncc(-c2nccn2C2CCCNC2=O)cn1. The number of piperidine rings is 1. The third kappa shape index (κ3) is 3.14. The molecule has 0 aliphatic carbocycles. The van der Waals surface area contributed by atoms with Crippen LogP contribution in [0.25, 0.3) is 11.4 Å². The number of rotatable bonds is 5. The number of aromatic nitrogens is 4. The van der Waals surface area contributed by atoms with Crippen molar-refractivity contribution in [1.29, 1.82) is 0 Å². The van der Waals surface area contributed by atoms with Crippen molar-refractivity contribution in [3.63, 3.8) is 0 Å². The molecule has 0 spiro atoms. The molecular formula is C15H19N5OS. The largest absolute Gasteiger partial charge is 0.354 e. The van der Waals surface area contributed by atoms with Gasteiger partial charge in [-0.3, -0.25) is 4.79 Å². The fourth-order valence-electron chi connectivity index (χ4n) is 2.51. The normalized spacial score (nSPS) is 18.2. The topological polar surface area (TPSA) is 72.7 Å². The van der Waals surface area contributed by atoms with E-state index in [0.717, 1.165) is 48.1 Å². The first-order chi connectivity index (χ1) is 10.8. The summed E-state index contributed by atoms with van der Waals surface area (Å²) in [5, 5.41) is 3.69. The summed E-state index contributed by atoms with van der Waals surface area (Å²) in [4.78, 5) is 25.2. The van der Waals surface area contributed by atoms with Gasteiger partial charge in [0.05, 0.1) is 5.56 Å². The Morgan fingerprint density at radius 1 is 1.36 bits per heavy atom. The molecule has 1 amide bonds. The van der Waals surface area contributed by atoms with Crippen LogP contribution in [-0.2, 0) is 4.79 Å². The summed E-state index contributed by atoms with van der Waals surface area (Å²) in [7, 11) is 0. The molecule has 22 heavy (non-hydrogen) atoms. The number of nitrogens with one attached hydrogen (secondary N) is 1. The van der Waals surface area contributed by atoms with E-state index in [9.17, 15) is 4.79 Å². The van der Waals surface area contributed by atoms with E-state index in [1.807, 2.05) is 10.8 Å². The highest BCUT2D eigenvalue weighted by atomic mass is 32.2. The second-order valence-corrected chi connectivity index (χ2v) is 6.27. The van der Waals surface area contributed by atoms with Crippen molar-refractivity contribution in [3.05, 3.63) is 24.8 Å². The predicted molar refractivity (Wildman–Crippen MR) is 85.5 cm³/mol. The molecule has 3 heterocycles. The van der Waals surface area contributed by atoms with E-state index in [4.69, 9.17) is 0 Å². The second kappa shape index (κ2) is 6.91. The third-order valence-electron chi connectivity index (χ3n) is 3.58. The van der Waals surface area contributed by atoms with E-state index in [0.29, 0.717) is 0 Å². The average molecular weight is 317 g/mol. The lowest BCUT2D eigenvalue weighted by Gasteiger charge is -2.24. The van der Waals surface area contributed by atoms with Gasteiger partial charge in [0.2, 0.25) is 5.91 Å². The Balaban J connectivity index is 1.83. The van der Waals surface area contributed by atoms with Crippen molar-refractivity contribution < 1.29 is 4.79 Å². The van der Waals surface area contributed by atoms with Crippen LogP contribution in [0.5, 0.6) is 0 Å². The molecule has 1 aliphatic rings. The molecule has 1 unspecified atom stereocenters. The average Bonchev–Trinajstić information content (AvgIpc) is 3.03. The molecule has 3 rings (SSSR count). The maximum atomic E-state index is 12.1. The fourth-order valence-corrected chi connectivity index (χ4v) is 3.15. The van der Waals surface area contributed by atoms with Crippen LogP contribution in [0.3, 0.4) is 0 Å². The minimum atomic E-state index is -0.194. The molecule has 7 heteroatoms. The van der Waals surface area contributed by atoms with Crippen molar-refractivity contribution in [1.82, 2.24) is 24.8 Å². The summed E-state index contributed by atoms with van der Waals surface area (Å²) in [6.45, 7) is 2.89. The number of nitrogens with zero attached hydrogens (tertiary/aromatic N) is 4. The van der Waals surface area contributed by atoms with Gasteiger partial charge >= 0.3 is 0 Å². The minimum absolute atomic E-state index is 0.0570. The van der Waals surface area contributed by atoms with E-state index in [2.05, 4.69) is 27.2 Å². The van der Waals surface area contributed by atoms with Gasteiger partial charge < -0.3 is 9.88 Å². The van der Waals surface area contributed by atoms with Crippen LogP contribution < -0.4 is 5.32 Å². The minimum Gasteiger partial charge on any atom is -0.354 e. The zero-order valence-electron chi connectivity index (χ0n) is 12.5. The number of hydrogen-bond donors (Lipinski definition) is 1. The lowest BCUT2D eigenvalue weighted by molar-refractivity contribution is -0.125. The van der Waals surface area contributed by atoms with Crippen LogP contribution >= 0.6 is 11.8 Å². The monoisotopic (exact) mass is 317 g/mol. The van der Waals surface area contributed by atoms with Crippen molar-refractivity contribution in [2.24, 2.45) is 0 Å². The molecule has 1 saturated heterocycles. The Morgan fingerprint density at radius 2 is 2.18 bits per heavy atom. The van der Waals surface area contributed by atoms with Crippen LogP contribution in [0.4, 0.5) is 0 Å². The number of amides is 1. The Morgan fingerprint density at radius 3 is 2.91 bits per heavy atom. The van der Waals surface area contributed by atoms with E-state index in [-0.39, 0.29) is 11.9 Å². The van der Waals surface area contributed by atoms with Crippen molar-refractivity contribution in [3.8, 4) is 11.4 Å². The summed E-state index contributed by atoms with van der Waals surface area (Å²) in [5.74, 6) is 1.81. The van der Waals surface area contributed by atoms with Gasteiger partial charge in [-0.1, -0.05) is 18.7 Å². The van der Waals surface area contributed by atoms with Gasteiger partial charge in [-0.2, -0.15) is 0 Å². The lowest BCUT2D eigenvalue weighted by Crippen LogP contribution is -2.37. The van der Waals surface area contributed by atoms with Gasteiger partial charge in [0, 0.05) is 37.1 Å². The summed E-state index contributed by atoms with van der Waals surface area (Å²) in [5.41, 5.74) is 0.837. The Labute approximate surface area is 133 Å². The molecule has 2 aromatic heterocycles. The second-order valence-electron chi connectivity index (χ2n) is 5.21. The molecule has 0 bridgehead atoms. The Bertz CT molecular complexity index is 640. The molecule has 1 N–H and O–H groups in total. The maximum Gasteiger partial charge on any atom is 0.243 e. The number of imidazole rings is 1. The van der Waals surface area contributed by atoms with Gasteiger partial charge in [0.1, 0.15) is 11.9 Å². The van der Waals surface area contributed by atoms with E-state index in [1.54, 1.807) is 30.4 Å². The van der Waals surface area contributed by atoms with Gasteiger partial charge in [-0.25, -0.2) is 15.0 Å². The van der Waals surface area contributed by atoms with Crippen molar-refractivity contribution in [2.75, 3.05) is 12.3 Å². The zero-order valence-corrected chi connectivity index (χ0v) is 13.3. The summed E-state index contributed by atoms with van der Waals surface area (Å²) in [6, 6.07) is -0.194. The molecule has 0 radical (unpaired) electrons. The summed E-state index contributed by atoms with van der Waals surface area (Å²) in [6.07, 6.45) is 10.0. The summed E-state index contributed by atoms with van der Waals surface area (Å²) < 4.78 is 1.92. The fraction of sp³-hybridized carbons (Fsp3) is 0.467. The number of carbonyl (C=O) groups is 1. The maximum absolute atomic E-state index is 12.1. The van der Waals surface area contributed by atoms with Crippen LogP contribution in [0, 0.1) is 0 Å². The predicted octanol–water partition coefficient (Wildman–Crippen LogP) is 2.29. The van der Waals surface area contributed by atoms with Crippen LogP contribution in [0.1, 0.15) is 32.2 Å². The highest BCUT2D eigenvalue weighted by Crippen LogP contribution is 2.25. The van der Waals surface area contributed by atoms with Crippen LogP contribution in [0.15, 0.2) is 29.9 Å². The molecule has 1 aliphatic heterocycles. The number of thioether (sulfide) groups is 1. The molecule has 1 atom stereocenters. The van der Waals surface area contributed by atoms with Gasteiger partial charge in [-0.15, -0.1) is 0 Å². The van der Waals surface area contributed by atoms with Crippen molar-refractivity contribution >= 4 is 17.7 Å². The molecule has 0 saturated carbocycles. The van der Waals surface area contributed by atoms with Gasteiger partial charge in [-0.05, 0) is 19.3 Å². The first-order valence-electron chi connectivity index (χ1n) is 7.55. The number of carbonyl (C=O) groups excluding carboxylic acids is 1. The molecular weight excluding hydrogens is 298 g/mol. The van der Waals surface area contributed by atoms with Crippen LogP contribution in [-0.4, -0.2) is 37.7 Å². The van der Waals surface area contributed by atoms with E-state index >= 15 is 0 Å². The summed E-state index contributed by atoms with van der Waals surface area (Å²) >= 11 is 1.65. The third-order valence-corrected chi connectivity index (χ3v) is 4.66. The molecule has 6 nitrogen and oxygen atoms in total. The van der Waals surface area contributed by atoms with Gasteiger partial charge in [0.25, 0.3) is 0 Å². The molecule has 0 aromatic carbocycles. The standard InChI is InChI=1S/C15H19N5OS/c1-2-8-22-15-18-9-11(10-19-15)13-16-6-7-20(13)12-4-3-5-17-14(12)21/h6-7,9-10,12H,2-5,8H2,1H3,(H,17,21). The van der Waals surface area contributed by atoms with Crippen molar-refractivity contribution in [2.45, 2.75) is 37.4 Å². The molecule has 116 valence electrons. The van der Waals surface area contributed by atoms with E-state index < -0.39 is 0 Å². The van der Waals surface area contributed by atoms with Gasteiger partial charge in [0.15, 0.2) is 5.16 Å². The highest BCUT2D eigenvalue weighted by Gasteiger charge is 2.25. The Hall–Kier alpha value is -1.89. The first-order valence-corrected chi connectivity index (χ1v) is 8.54. The smallest absolute Gasteiger partial charge is 0.243 e. The lowest BCUT2D eigenvalue weighted by atomic mass is 10.1. The highest BCUT2D eigenvalue weighted by molar-refractivity contribution is 7.99. The first kappa shape index (κ1) is 15.0. The number of hydrogen-bond acceptors (Lipinski definition) is 5. The van der Waals surface area contributed by atoms with E-state index in [1.165, 1.54) is 0 Å². The quantitative estimate of drug-likeness (QED) is 0.676. The molecule has 1 fully saturated rings.